The summed E-state index contributed by atoms with van der Waals surface area (Å²) in [5.74, 6) is -0.661. The van der Waals surface area contributed by atoms with Crippen molar-refractivity contribution in [2.75, 3.05) is 13.7 Å². The molecule has 0 aromatic heterocycles. The average Bonchev–Trinajstić information content (AvgIpc) is 2.96. The second kappa shape index (κ2) is 5.92. The first kappa shape index (κ1) is 15.9. The predicted molar refractivity (Wildman–Crippen MR) is 84.3 cm³/mol. The fourth-order valence-corrected chi connectivity index (χ4v) is 4.53. The van der Waals surface area contributed by atoms with Crippen LogP contribution in [0.2, 0.25) is 0 Å². The summed E-state index contributed by atoms with van der Waals surface area (Å²) in [5, 5.41) is 11.5. The number of fused-ring (bicyclic) bond motifs is 1. The number of esters is 1. The number of carbonyl (C=O) groups is 1. The standard InChI is InChI=1S/C16H17NO5S/c1-22-16(19)15-9-13(18)10-17(15)23(20,21)14-7-6-11-4-2-3-5-12(11)8-14/h2-8,13,15,18H,9-10H2,1H3/t13-,15-/m1/s1. The minimum atomic E-state index is -3.89. The van der Waals surface area contributed by atoms with Crippen molar-refractivity contribution in [3.05, 3.63) is 42.5 Å². The smallest absolute Gasteiger partial charge is 0.324 e. The number of ether oxygens (including phenoxy) is 1. The number of carbonyl (C=O) groups excluding carboxylic acids is 1. The molecule has 0 saturated carbocycles. The Morgan fingerprint density at radius 1 is 1.22 bits per heavy atom. The molecule has 1 aliphatic rings. The number of β-amino-alcohol motifs (C(OH)–C–C–N with tert-alkyl or cyclic N) is 1. The minimum absolute atomic E-state index is 0.0412. The van der Waals surface area contributed by atoms with E-state index in [0.29, 0.717) is 0 Å². The van der Waals surface area contributed by atoms with E-state index < -0.39 is 28.1 Å². The molecule has 1 N–H and O–H groups in total. The van der Waals surface area contributed by atoms with Crippen LogP contribution in [0.3, 0.4) is 0 Å². The zero-order valence-corrected chi connectivity index (χ0v) is 13.4. The van der Waals surface area contributed by atoms with E-state index in [9.17, 15) is 18.3 Å². The van der Waals surface area contributed by atoms with Gasteiger partial charge in [0.2, 0.25) is 10.0 Å². The molecule has 0 unspecified atom stereocenters. The van der Waals surface area contributed by atoms with Gasteiger partial charge in [0.25, 0.3) is 0 Å². The van der Waals surface area contributed by atoms with Crippen LogP contribution in [0.5, 0.6) is 0 Å². The van der Waals surface area contributed by atoms with Crippen molar-refractivity contribution in [3.8, 4) is 0 Å². The van der Waals surface area contributed by atoms with Crippen LogP contribution in [-0.2, 0) is 19.6 Å². The molecular weight excluding hydrogens is 318 g/mol. The molecule has 2 aromatic rings. The zero-order chi connectivity index (χ0) is 16.6. The first-order chi connectivity index (χ1) is 10.9. The molecule has 0 aliphatic carbocycles. The van der Waals surface area contributed by atoms with Gasteiger partial charge in [0.1, 0.15) is 6.04 Å². The Labute approximate surface area is 134 Å². The van der Waals surface area contributed by atoms with Gasteiger partial charge in [0.05, 0.1) is 18.1 Å². The second-order valence-electron chi connectivity index (χ2n) is 5.51. The van der Waals surface area contributed by atoms with Crippen molar-refractivity contribution < 1.29 is 23.1 Å². The molecule has 2 aromatic carbocycles. The van der Waals surface area contributed by atoms with Crippen LogP contribution in [0.25, 0.3) is 10.8 Å². The molecule has 1 aliphatic heterocycles. The maximum Gasteiger partial charge on any atom is 0.324 e. The first-order valence-corrected chi connectivity index (χ1v) is 8.64. The zero-order valence-electron chi connectivity index (χ0n) is 12.5. The van der Waals surface area contributed by atoms with E-state index in [4.69, 9.17) is 0 Å². The summed E-state index contributed by atoms with van der Waals surface area (Å²) in [4.78, 5) is 11.9. The van der Waals surface area contributed by atoms with E-state index in [2.05, 4.69) is 4.74 Å². The molecule has 1 fully saturated rings. The lowest BCUT2D eigenvalue weighted by atomic mass is 10.1. The highest BCUT2D eigenvalue weighted by atomic mass is 32.2. The van der Waals surface area contributed by atoms with E-state index in [1.807, 2.05) is 24.3 Å². The minimum Gasteiger partial charge on any atom is -0.468 e. The Balaban J connectivity index is 2.03. The van der Waals surface area contributed by atoms with Crippen LogP contribution in [0.4, 0.5) is 0 Å². The van der Waals surface area contributed by atoms with Crippen LogP contribution in [0, 0.1) is 0 Å². The van der Waals surface area contributed by atoms with Crippen molar-refractivity contribution in [3.63, 3.8) is 0 Å². The Bertz CT molecular complexity index is 848. The third kappa shape index (κ3) is 2.83. The van der Waals surface area contributed by atoms with Gasteiger partial charge in [-0.2, -0.15) is 4.31 Å². The SMILES string of the molecule is COC(=O)[C@H]1C[C@@H](O)CN1S(=O)(=O)c1ccc2ccccc2c1. The molecule has 2 atom stereocenters. The molecule has 0 radical (unpaired) electrons. The van der Waals surface area contributed by atoms with Gasteiger partial charge in [0.15, 0.2) is 0 Å². The molecular formula is C16H17NO5S. The molecule has 1 heterocycles. The van der Waals surface area contributed by atoms with E-state index in [1.165, 1.54) is 13.2 Å². The van der Waals surface area contributed by atoms with Gasteiger partial charge < -0.3 is 9.84 Å². The van der Waals surface area contributed by atoms with Gasteiger partial charge in [-0.15, -0.1) is 0 Å². The normalized spacial score (nSPS) is 22.3. The molecule has 0 bridgehead atoms. The molecule has 1 saturated heterocycles. The van der Waals surface area contributed by atoms with Gasteiger partial charge >= 0.3 is 5.97 Å². The van der Waals surface area contributed by atoms with Gasteiger partial charge in [-0.05, 0) is 22.9 Å². The summed E-state index contributed by atoms with van der Waals surface area (Å²) in [6.45, 7) is -0.116. The molecule has 0 amide bonds. The first-order valence-electron chi connectivity index (χ1n) is 7.20. The highest BCUT2D eigenvalue weighted by molar-refractivity contribution is 7.89. The Kier molecular flexibility index (Phi) is 4.09. The predicted octanol–water partition coefficient (Wildman–Crippen LogP) is 1.14. The lowest BCUT2D eigenvalue weighted by molar-refractivity contribution is -0.144. The lowest BCUT2D eigenvalue weighted by Crippen LogP contribution is -2.41. The molecule has 6 nitrogen and oxygen atoms in total. The summed E-state index contributed by atoms with van der Waals surface area (Å²) in [7, 11) is -2.69. The molecule has 122 valence electrons. The number of aliphatic hydroxyl groups is 1. The topological polar surface area (TPSA) is 83.9 Å². The number of methoxy groups -OCH3 is 1. The van der Waals surface area contributed by atoms with E-state index in [1.54, 1.807) is 12.1 Å². The fraction of sp³-hybridized carbons (Fsp3) is 0.312. The quantitative estimate of drug-likeness (QED) is 0.850. The number of hydrogen-bond donors (Lipinski definition) is 1. The van der Waals surface area contributed by atoms with Gasteiger partial charge in [-0.1, -0.05) is 30.3 Å². The summed E-state index contributed by atoms with van der Waals surface area (Å²) in [5.41, 5.74) is 0. The summed E-state index contributed by atoms with van der Waals surface area (Å²) in [6, 6.07) is 11.2. The maximum atomic E-state index is 12.9. The second-order valence-corrected chi connectivity index (χ2v) is 7.40. The van der Waals surface area contributed by atoms with E-state index in [-0.39, 0.29) is 17.9 Å². The highest BCUT2D eigenvalue weighted by Crippen LogP contribution is 2.28. The van der Waals surface area contributed by atoms with E-state index >= 15 is 0 Å². The van der Waals surface area contributed by atoms with Crippen molar-refractivity contribution >= 4 is 26.8 Å². The number of hydrogen-bond acceptors (Lipinski definition) is 5. The Morgan fingerprint density at radius 2 is 1.91 bits per heavy atom. The number of aliphatic hydroxyl groups excluding tert-OH is 1. The third-order valence-corrected chi connectivity index (χ3v) is 5.91. The molecule has 0 spiro atoms. The molecule has 3 rings (SSSR count). The Hall–Kier alpha value is -1.96. The van der Waals surface area contributed by atoms with E-state index in [0.717, 1.165) is 15.1 Å². The van der Waals surface area contributed by atoms with Crippen molar-refractivity contribution in [1.82, 2.24) is 4.31 Å². The van der Waals surface area contributed by atoms with Crippen molar-refractivity contribution in [2.45, 2.75) is 23.5 Å². The highest BCUT2D eigenvalue weighted by Gasteiger charge is 2.44. The monoisotopic (exact) mass is 335 g/mol. The van der Waals surface area contributed by atoms with Crippen LogP contribution < -0.4 is 0 Å². The summed E-state index contributed by atoms with van der Waals surface area (Å²) in [6.07, 6.45) is -0.839. The summed E-state index contributed by atoms with van der Waals surface area (Å²) >= 11 is 0. The molecule has 7 heteroatoms. The van der Waals surface area contributed by atoms with Gasteiger partial charge in [-0.3, -0.25) is 4.79 Å². The van der Waals surface area contributed by atoms with Crippen LogP contribution in [0.15, 0.2) is 47.4 Å². The Morgan fingerprint density at radius 3 is 2.61 bits per heavy atom. The number of nitrogens with zero attached hydrogens (tertiary/aromatic N) is 1. The van der Waals surface area contributed by atoms with Crippen molar-refractivity contribution in [2.24, 2.45) is 0 Å². The lowest BCUT2D eigenvalue weighted by Gasteiger charge is -2.22. The fourth-order valence-electron chi connectivity index (χ4n) is 2.86. The third-order valence-electron chi connectivity index (χ3n) is 4.03. The molecule has 23 heavy (non-hydrogen) atoms. The largest absolute Gasteiger partial charge is 0.468 e. The number of benzene rings is 2. The van der Waals surface area contributed by atoms with Crippen LogP contribution >= 0.6 is 0 Å². The van der Waals surface area contributed by atoms with Crippen molar-refractivity contribution in [1.29, 1.82) is 0 Å². The number of rotatable bonds is 3. The van der Waals surface area contributed by atoms with Gasteiger partial charge in [0, 0.05) is 13.0 Å². The number of sulfonamides is 1. The van der Waals surface area contributed by atoms with Gasteiger partial charge in [-0.25, -0.2) is 8.42 Å². The summed E-state index contributed by atoms with van der Waals surface area (Å²) < 4.78 is 31.4. The van der Waals surface area contributed by atoms with Crippen LogP contribution in [-0.4, -0.2) is 49.6 Å². The maximum absolute atomic E-state index is 12.9. The average molecular weight is 335 g/mol. The van der Waals surface area contributed by atoms with Crippen LogP contribution in [0.1, 0.15) is 6.42 Å².